The fourth-order valence-electron chi connectivity index (χ4n) is 16.5. The van der Waals surface area contributed by atoms with Gasteiger partial charge >= 0.3 is 0 Å². The molecule has 0 bridgehead atoms. The Morgan fingerprint density at radius 2 is 0.560 bits per heavy atom. The van der Waals surface area contributed by atoms with Gasteiger partial charge in [-0.2, -0.15) is 0 Å². The minimum atomic E-state index is -0.276. The van der Waals surface area contributed by atoms with Crippen molar-refractivity contribution >= 4 is 165 Å². The van der Waals surface area contributed by atoms with Crippen LogP contribution in [0.1, 0.15) is 170 Å². The summed E-state index contributed by atoms with van der Waals surface area (Å²) < 4.78 is 4.96. The fraction of sp³-hybridized carbons (Fsp3) is 0.263. The molecule has 0 radical (unpaired) electrons. The van der Waals surface area contributed by atoms with E-state index in [4.69, 9.17) is 0 Å². The van der Waals surface area contributed by atoms with Crippen molar-refractivity contribution in [2.75, 3.05) is 9.80 Å². The van der Waals surface area contributed by atoms with E-state index in [-0.39, 0.29) is 59.1 Å². The fourth-order valence-corrected chi connectivity index (χ4v) is 16.5. The molecule has 15 aromatic rings. The Kier molecular flexibility index (Phi) is 9.75. The van der Waals surface area contributed by atoms with Gasteiger partial charge in [0.2, 0.25) is 0 Å². The first-order valence-electron chi connectivity index (χ1n) is 30.5. The van der Waals surface area contributed by atoms with Gasteiger partial charge in [0.05, 0.1) is 44.6 Å². The quantitative estimate of drug-likeness (QED) is 0.0776. The van der Waals surface area contributed by atoms with Crippen LogP contribution in [0, 0.1) is 11.8 Å². The highest BCUT2D eigenvalue weighted by Gasteiger charge is 2.42. The molecule has 0 spiro atoms. The molecule has 412 valence electrons. The molecular weight excluding hydrogens is 1030 g/mol. The van der Waals surface area contributed by atoms with E-state index in [1.165, 1.54) is 63.7 Å². The van der Waals surface area contributed by atoms with Crippen LogP contribution in [-0.2, 0) is 13.1 Å². The summed E-state index contributed by atoms with van der Waals surface area (Å²) in [5, 5.41) is 21.9. The third kappa shape index (κ3) is 5.84. The third-order valence-corrected chi connectivity index (χ3v) is 19.8. The zero-order chi connectivity index (χ0) is 57.9. The van der Waals surface area contributed by atoms with Crippen LogP contribution < -0.4 is 9.80 Å². The minimum absolute atomic E-state index is 0.0833. The van der Waals surface area contributed by atoms with Gasteiger partial charge in [-0.1, -0.05) is 156 Å². The van der Waals surface area contributed by atoms with Gasteiger partial charge in [-0.05, 0) is 148 Å². The van der Waals surface area contributed by atoms with E-state index in [2.05, 4.69) is 189 Å². The molecular formula is C76H64N4O4. The molecule has 2 aromatic heterocycles. The standard InChI is InChI=1S/C76H64N4O4/c1-33(2)31-77-55-27-51-52-28-56-68-64-46(48-24-26-50-62-54(30-58(70(68)66(48)62)78(56)32-34(3)4)76(84)80(74(50)82)72-41(37(9)10)17-14-18-42(72)38(11)12)22-20-44(60(52)64)43-19-21-45-47-23-25-49-61-53(29-57(77)69(65(47)61)67(55)63(45)59(43)51)75(83)79(73(49)81)71-39(35(5)6)15-13-16-40(71)36(7)8/h13-30,33-38H,31-32H2,1-12H3. The van der Waals surface area contributed by atoms with Crippen LogP contribution in [0.2, 0.25) is 0 Å². The Morgan fingerprint density at radius 3 is 0.869 bits per heavy atom. The van der Waals surface area contributed by atoms with Crippen molar-refractivity contribution in [3.63, 3.8) is 0 Å². The highest BCUT2D eigenvalue weighted by atomic mass is 16.2. The van der Waals surface area contributed by atoms with E-state index in [9.17, 15) is 0 Å². The molecule has 8 nitrogen and oxygen atoms in total. The van der Waals surface area contributed by atoms with E-state index in [1.54, 1.807) is 0 Å². The molecule has 0 atom stereocenters. The molecule has 2 aliphatic rings. The molecule has 0 unspecified atom stereocenters. The number of para-hydroxylation sites is 2. The Morgan fingerprint density at radius 1 is 0.286 bits per heavy atom. The summed E-state index contributed by atoms with van der Waals surface area (Å²) in [5.41, 5.74) is 11.9. The molecule has 0 saturated heterocycles. The van der Waals surface area contributed by atoms with Gasteiger partial charge in [-0.3, -0.25) is 19.2 Å². The van der Waals surface area contributed by atoms with Crippen LogP contribution in [0.15, 0.2) is 109 Å². The van der Waals surface area contributed by atoms with E-state index < -0.39 is 0 Å². The number of benzene rings is 13. The number of anilines is 2. The third-order valence-electron chi connectivity index (χ3n) is 19.8. The van der Waals surface area contributed by atoms with E-state index in [1.807, 2.05) is 12.1 Å². The summed E-state index contributed by atoms with van der Waals surface area (Å²) in [6, 6.07) is 39.1. The van der Waals surface area contributed by atoms with Crippen LogP contribution in [0.25, 0.3) is 130 Å². The average molecular weight is 1100 g/mol. The van der Waals surface area contributed by atoms with Crippen molar-refractivity contribution in [2.45, 2.75) is 120 Å². The maximum atomic E-state index is 15.7. The van der Waals surface area contributed by atoms with Crippen LogP contribution in [0.5, 0.6) is 0 Å². The monoisotopic (exact) mass is 1100 g/mol. The molecule has 0 N–H and O–H groups in total. The molecule has 17 rings (SSSR count). The largest absolute Gasteiger partial charge is 0.340 e. The zero-order valence-electron chi connectivity index (χ0n) is 49.7. The molecule has 8 heteroatoms. The maximum Gasteiger partial charge on any atom is 0.266 e. The van der Waals surface area contributed by atoms with Gasteiger partial charge in [0, 0.05) is 78.1 Å². The zero-order valence-corrected chi connectivity index (χ0v) is 49.7. The van der Waals surface area contributed by atoms with Crippen molar-refractivity contribution < 1.29 is 19.2 Å². The number of imide groups is 2. The second kappa shape index (κ2) is 16.5. The molecule has 84 heavy (non-hydrogen) atoms. The smallest absolute Gasteiger partial charge is 0.266 e. The first kappa shape index (κ1) is 49.7. The predicted molar refractivity (Wildman–Crippen MR) is 350 cm³/mol. The summed E-state index contributed by atoms with van der Waals surface area (Å²) in [7, 11) is 0. The molecule has 13 aromatic carbocycles. The number of carbonyl (C=O) groups excluding carboxylic acids is 4. The summed E-state index contributed by atoms with van der Waals surface area (Å²) in [6.45, 7) is 27.6. The molecule has 4 heterocycles. The molecule has 4 amide bonds. The minimum Gasteiger partial charge on any atom is -0.340 e. The number of carbonyl (C=O) groups is 4. The van der Waals surface area contributed by atoms with Crippen molar-refractivity contribution in [2.24, 2.45) is 11.8 Å². The lowest BCUT2D eigenvalue weighted by atomic mass is 9.80. The van der Waals surface area contributed by atoms with Crippen LogP contribution in [0.3, 0.4) is 0 Å². The Bertz CT molecular complexity index is 5090. The van der Waals surface area contributed by atoms with Gasteiger partial charge in [0.15, 0.2) is 0 Å². The lowest BCUT2D eigenvalue weighted by molar-refractivity contribution is 0.0877. The van der Waals surface area contributed by atoms with Crippen LogP contribution >= 0.6 is 0 Å². The summed E-state index contributed by atoms with van der Waals surface area (Å²) in [6.07, 6.45) is 0. The normalized spacial score (nSPS) is 14.7. The molecule has 0 fully saturated rings. The first-order chi connectivity index (χ1) is 40.4. The Balaban J connectivity index is 0.995. The van der Waals surface area contributed by atoms with Gasteiger partial charge in [-0.15, -0.1) is 0 Å². The topological polar surface area (TPSA) is 84.6 Å². The van der Waals surface area contributed by atoms with Crippen molar-refractivity contribution in [1.82, 2.24) is 9.13 Å². The van der Waals surface area contributed by atoms with Crippen LogP contribution in [-0.4, -0.2) is 32.8 Å². The van der Waals surface area contributed by atoms with E-state index in [0.717, 1.165) is 111 Å². The summed E-state index contributed by atoms with van der Waals surface area (Å²) in [5.74, 6) is -0.229. The molecule has 2 aliphatic heterocycles. The molecule has 0 aliphatic carbocycles. The van der Waals surface area contributed by atoms with Crippen LogP contribution in [0.4, 0.5) is 11.4 Å². The van der Waals surface area contributed by atoms with Gasteiger partial charge < -0.3 is 9.13 Å². The lowest BCUT2D eigenvalue weighted by Gasteiger charge is -2.33. The highest BCUT2D eigenvalue weighted by molar-refractivity contribution is 6.53. The van der Waals surface area contributed by atoms with Crippen molar-refractivity contribution in [3.05, 3.63) is 154 Å². The Labute approximate surface area is 485 Å². The predicted octanol–water partition coefficient (Wildman–Crippen LogP) is 19.7. The number of amides is 4. The maximum absolute atomic E-state index is 15.7. The number of fused-ring (bicyclic) bond motifs is 4. The summed E-state index contributed by atoms with van der Waals surface area (Å²) >= 11 is 0. The van der Waals surface area contributed by atoms with Gasteiger partial charge in [-0.25, -0.2) is 9.80 Å². The average Bonchev–Trinajstić information content (AvgIpc) is 1.36. The van der Waals surface area contributed by atoms with E-state index >= 15 is 19.2 Å². The van der Waals surface area contributed by atoms with Crippen molar-refractivity contribution in [1.29, 1.82) is 0 Å². The first-order valence-corrected chi connectivity index (χ1v) is 30.5. The molecule has 0 saturated carbocycles. The van der Waals surface area contributed by atoms with Gasteiger partial charge in [0.1, 0.15) is 0 Å². The highest BCUT2D eigenvalue weighted by Crippen LogP contribution is 2.57. The van der Waals surface area contributed by atoms with Gasteiger partial charge in [0.25, 0.3) is 23.6 Å². The number of nitrogens with zero attached hydrogens (tertiary/aromatic N) is 4. The number of hydrogen-bond donors (Lipinski definition) is 0. The summed E-state index contributed by atoms with van der Waals surface area (Å²) in [4.78, 5) is 65.1. The number of rotatable bonds is 10. The number of aromatic nitrogens is 2. The second-order valence-electron chi connectivity index (χ2n) is 27.0. The van der Waals surface area contributed by atoms with Crippen molar-refractivity contribution in [3.8, 4) is 0 Å². The Hall–Kier alpha value is -8.88. The second-order valence-corrected chi connectivity index (χ2v) is 27.0. The lowest BCUT2D eigenvalue weighted by Crippen LogP contribution is -2.41. The van der Waals surface area contributed by atoms with E-state index in [0.29, 0.717) is 33.6 Å². The number of hydrogen-bond acceptors (Lipinski definition) is 4. The SMILES string of the molecule is CC(C)Cn1c2cc3c4c(ccc5c6ccc7c8ccc9c%10ccc%11c%12c(cc%13c(c%12%10)c%10c9c8c(cc%10n%13CC(C)C)c8cc1c(c6c78)c2c45)C(=O)N(c1c(C(C)C)cccc1C(C)C)C%11=O)C(=O)N(c1c(C(C)C)cccc1C(C)C)C3=O.